The van der Waals surface area contributed by atoms with Gasteiger partial charge in [0.25, 0.3) is 0 Å². The van der Waals surface area contributed by atoms with E-state index in [1.165, 1.54) is 116 Å². The summed E-state index contributed by atoms with van der Waals surface area (Å²) in [6.45, 7) is 4.53. The van der Waals surface area contributed by atoms with Crippen molar-refractivity contribution in [2.24, 2.45) is 0 Å². The standard InChI is InChI=1S/C57H38BN3/c1-35-28-29-51-41(30-35)42-31-36(2)32-48-56(42)61(51)54-34-38(60-49-24-12-6-18-39(49)40-19-7-13-25-50(40)60)33-46-55(54)58(48)47-23-11-8-20-43(47)57(46)44-21-9-14-26-52(44)59(37-16-4-3-5-17-37)53-27-15-10-22-45(53)57/h3-34H,1-2H3. The highest BCUT2D eigenvalue weighted by atomic mass is 15.2. The average molecular weight is 776 g/mol. The first-order valence-corrected chi connectivity index (χ1v) is 21.5. The lowest BCUT2D eigenvalue weighted by Gasteiger charge is -2.51. The lowest BCUT2D eigenvalue weighted by atomic mass is 9.29. The highest BCUT2D eigenvalue weighted by molar-refractivity contribution is 6.99. The summed E-state index contributed by atoms with van der Waals surface area (Å²) in [7, 11) is 0. The van der Waals surface area contributed by atoms with E-state index in [4.69, 9.17) is 0 Å². The van der Waals surface area contributed by atoms with Crippen molar-refractivity contribution in [3.05, 3.63) is 228 Å². The second-order valence-corrected chi connectivity index (χ2v) is 17.4. The molecule has 5 heterocycles. The van der Waals surface area contributed by atoms with Crippen molar-refractivity contribution < 1.29 is 0 Å². The molecule has 0 amide bonds. The Balaban J connectivity index is 1.23. The highest BCUT2D eigenvalue weighted by Gasteiger charge is 2.54. The van der Waals surface area contributed by atoms with Crippen molar-refractivity contribution in [1.29, 1.82) is 0 Å². The largest absolute Gasteiger partial charge is 0.310 e. The summed E-state index contributed by atoms with van der Waals surface area (Å²) in [5.41, 5.74) is 22.3. The Labute approximate surface area is 354 Å². The molecule has 0 bridgehead atoms. The van der Waals surface area contributed by atoms with Crippen LogP contribution in [0, 0.1) is 13.8 Å². The molecular weight excluding hydrogens is 737 g/mol. The van der Waals surface area contributed by atoms with Crippen LogP contribution >= 0.6 is 0 Å². The SMILES string of the molecule is Cc1ccc2c(c1)c1cc(C)cc3c1n2-c1cc(-n2c4ccccc4c4ccccc42)cc2c1B3c1ccccc1C21c2ccccc2N(c2ccccc2)c2ccccc21. The van der Waals surface area contributed by atoms with E-state index in [2.05, 4.69) is 222 Å². The zero-order chi connectivity index (χ0) is 40.1. The van der Waals surface area contributed by atoms with Gasteiger partial charge in [0, 0.05) is 44.1 Å². The molecule has 3 aliphatic heterocycles. The maximum atomic E-state index is 2.63. The van der Waals surface area contributed by atoms with E-state index in [0.29, 0.717) is 0 Å². The van der Waals surface area contributed by atoms with Crippen molar-refractivity contribution in [3.63, 3.8) is 0 Å². The molecule has 9 aromatic carbocycles. The minimum absolute atomic E-state index is 0.0332. The minimum atomic E-state index is -0.648. The smallest absolute Gasteiger partial charge is 0.247 e. The number of fused-ring (bicyclic) bond motifs is 16. The lowest BCUT2D eigenvalue weighted by molar-refractivity contribution is 0.735. The molecule has 0 saturated carbocycles. The van der Waals surface area contributed by atoms with Gasteiger partial charge in [-0.05, 0) is 114 Å². The summed E-state index contributed by atoms with van der Waals surface area (Å²) >= 11 is 0. The molecule has 284 valence electrons. The third kappa shape index (κ3) is 4.10. The number of hydrogen-bond acceptors (Lipinski definition) is 1. The number of aryl methyl sites for hydroxylation is 2. The fraction of sp³-hybridized carbons (Fsp3) is 0.0526. The van der Waals surface area contributed by atoms with Gasteiger partial charge in [-0.1, -0.05) is 144 Å². The predicted octanol–water partition coefficient (Wildman–Crippen LogP) is 11.8. The first kappa shape index (κ1) is 33.3. The summed E-state index contributed by atoms with van der Waals surface area (Å²) < 4.78 is 5.16. The monoisotopic (exact) mass is 775 g/mol. The van der Waals surface area contributed by atoms with Crippen molar-refractivity contribution in [1.82, 2.24) is 9.13 Å². The van der Waals surface area contributed by atoms with E-state index in [-0.39, 0.29) is 6.71 Å². The van der Waals surface area contributed by atoms with Gasteiger partial charge in [0.05, 0.1) is 33.3 Å². The van der Waals surface area contributed by atoms with Gasteiger partial charge >= 0.3 is 0 Å². The number of nitrogens with zero attached hydrogens (tertiary/aromatic N) is 3. The zero-order valence-corrected chi connectivity index (χ0v) is 33.9. The molecule has 2 aromatic heterocycles. The molecule has 3 nitrogen and oxygen atoms in total. The van der Waals surface area contributed by atoms with E-state index in [0.717, 1.165) is 5.69 Å². The number of anilines is 3. The average Bonchev–Trinajstić information content (AvgIpc) is 3.81. The second kappa shape index (κ2) is 11.8. The fourth-order valence-electron chi connectivity index (χ4n) is 12.1. The van der Waals surface area contributed by atoms with Crippen molar-refractivity contribution in [3.8, 4) is 11.4 Å². The molecule has 0 aliphatic carbocycles. The number of benzene rings is 9. The summed E-state index contributed by atoms with van der Waals surface area (Å²) in [6, 6.07) is 73.6. The van der Waals surface area contributed by atoms with Crippen molar-refractivity contribution in [2.45, 2.75) is 19.3 Å². The van der Waals surface area contributed by atoms with Crippen molar-refractivity contribution >= 4 is 83.8 Å². The summed E-state index contributed by atoms with van der Waals surface area (Å²) in [6.07, 6.45) is 0. The topological polar surface area (TPSA) is 13.1 Å². The Morgan fingerprint density at radius 3 is 1.69 bits per heavy atom. The molecule has 0 N–H and O–H groups in total. The third-order valence-corrected chi connectivity index (χ3v) is 14.2. The quantitative estimate of drug-likeness (QED) is 0.159. The normalized spacial score (nSPS) is 14.1. The minimum Gasteiger partial charge on any atom is -0.310 e. The molecule has 3 aliphatic rings. The number of hydrogen-bond donors (Lipinski definition) is 0. The molecule has 11 aromatic rings. The van der Waals surface area contributed by atoms with E-state index >= 15 is 0 Å². The molecule has 1 spiro atoms. The van der Waals surface area contributed by atoms with Gasteiger partial charge in [0.15, 0.2) is 0 Å². The van der Waals surface area contributed by atoms with Crippen LogP contribution in [0.5, 0.6) is 0 Å². The van der Waals surface area contributed by atoms with Crippen LogP contribution in [-0.4, -0.2) is 15.8 Å². The Morgan fingerprint density at radius 1 is 0.377 bits per heavy atom. The number of para-hydroxylation sites is 5. The predicted molar refractivity (Wildman–Crippen MR) is 256 cm³/mol. The van der Waals surface area contributed by atoms with Gasteiger partial charge in [-0.2, -0.15) is 0 Å². The summed E-state index contributed by atoms with van der Waals surface area (Å²) in [5.74, 6) is 0. The van der Waals surface area contributed by atoms with Crippen LogP contribution in [0.2, 0.25) is 0 Å². The lowest BCUT2D eigenvalue weighted by Crippen LogP contribution is -2.65. The number of rotatable bonds is 2. The van der Waals surface area contributed by atoms with Crippen LogP contribution in [0.1, 0.15) is 33.4 Å². The third-order valence-electron chi connectivity index (χ3n) is 14.2. The van der Waals surface area contributed by atoms with Gasteiger partial charge in [-0.25, -0.2) is 0 Å². The van der Waals surface area contributed by atoms with E-state index in [9.17, 15) is 0 Å². The van der Waals surface area contributed by atoms with Crippen LogP contribution in [0.4, 0.5) is 17.1 Å². The summed E-state index contributed by atoms with van der Waals surface area (Å²) in [4.78, 5) is 2.48. The Morgan fingerprint density at radius 2 is 0.967 bits per heavy atom. The second-order valence-electron chi connectivity index (χ2n) is 17.4. The van der Waals surface area contributed by atoms with Gasteiger partial charge in [-0.15, -0.1) is 0 Å². The van der Waals surface area contributed by atoms with E-state index in [1.54, 1.807) is 0 Å². The molecule has 0 unspecified atom stereocenters. The molecular formula is C57H38BN3. The molecule has 0 saturated heterocycles. The highest BCUT2D eigenvalue weighted by Crippen LogP contribution is 2.59. The van der Waals surface area contributed by atoms with Crippen molar-refractivity contribution in [2.75, 3.05) is 4.90 Å². The molecule has 0 atom stereocenters. The Bertz CT molecular complexity index is 3600. The van der Waals surface area contributed by atoms with Crippen LogP contribution in [0.25, 0.3) is 55.0 Å². The molecule has 4 heteroatoms. The van der Waals surface area contributed by atoms with Crippen LogP contribution in [0.3, 0.4) is 0 Å². The first-order valence-electron chi connectivity index (χ1n) is 21.5. The zero-order valence-electron chi connectivity index (χ0n) is 33.9. The van der Waals surface area contributed by atoms with E-state index in [1.807, 2.05) is 0 Å². The molecule has 0 fully saturated rings. The maximum absolute atomic E-state index is 2.63. The molecule has 61 heavy (non-hydrogen) atoms. The molecule has 0 radical (unpaired) electrons. The maximum Gasteiger partial charge on any atom is 0.247 e. The van der Waals surface area contributed by atoms with Gasteiger partial charge in [0.2, 0.25) is 6.71 Å². The van der Waals surface area contributed by atoms with Gasteiger partial charge in [-0.3, -0.25) is 0 Å². The van der Waals surface area contributed by atoms with E-state index < -0.39 is 5.41 Å². The first-order chi connectivity index (χ1) is 30.1. The fourth-order valence-corrected chi connectivity index (χ4v) is 12.1. The number of aromatic nitrogens is 2. The summed E-state index contributed by atoms with van der Waals surface area (Å²) in [5, 5.41) is 5.16. The van der Waals surface area contributed by atoms with Crippen LogP contribution in [-0.2, 0) is 5.41 Å². The van der Waals surface area contributed by atoms with Gasteiger partial charge < -0.3 is 14.0 Å². The Kier molecular flexibility index (Phi) is 6.44. The van der Waals surface area contributed by atoms with Crippen LogP contribution < -0.4 is 21.3 Å². The van der Waals surface area contributed by atoms with Crippen LogP contribution in [0.15, 0.2) is 194 Å². The van der Waals surface area contributed by atoms with Gasteiger partial charge in [0.1, 0.15) is 0 Å². The molecule has 14 rings (SSSR count). The Hall–Kier alpha value is -7.56.